The summed E-state index contributed by atoms with van der Waals surface area (Å²) in [6, 6.07) is 4.29. The van der Waals surface area contributed by atoms with E-state index in [0.717, 1.165) is 6.42 Å². The lowest BCUT2D eigenvalue weighted by Gasteiger charge is -2.29. The van der Waals surface area contributed by atoms with Gasteiger partial charge in [0.25, 0.3) is 5.91 Å². The maximum absolute atomic E-state index is 12.6. The smallest absolute Gasteiger partial charge is 0.252 e. The van der Waals surface area contributed by atoms with Crippen molar-refractivity contribution in [2.45, 2.75) is 52.6 Å². The molecule has 0 saturated carbocycles. The van der Waals surface area contributed by atoms with Gasteiger partial charge in [0.05, 0.1) is 14.2 Å². The summed E-state index contributed by atoms with van der Waals surface area (Å²) in [5.41, 5.74) is 0.0538. The highest BCUT2D eigenvalue weighted by Gasteiger charge is 2.28. The van der Waals surface area contributed by atoms with Crippen molar-refractivity contribution in [1.82, 2.24) is 10.6 Å². The molecule has 0 aliphatic carbocycles. The SMILES string of the molecule is CCC(C)(C)NC(=O)C(NC(=O)c1cc(OC)cc(OC)c1)C(C)C. The predicted molar refractivity (Wildman–Crippen MR) is 98.2 cm³/mol. The second-order valence-corrected chi connectivity index (χ2v) is 7.02. The van der Waals surface area contributed by atoms with Crippen LogP contribution < -0.4 is 20.1 Å². The van der Waals surface area contributed by atoms with Crippen molar-refractivity contribution in [3.63, 3.8) is 0 Å². The van der Waals surface area contributed by atoms with E-state index in [4.69, 9.17) is 9.47 Å². The van der Waals surface area contributed by atoms with Gasteiger partial charge in [-0.2, -0.15) is 0 Å². The molecule has 1 aromatic carbocycles. The monoisotopic (exact) mass is 350 g/mol. The highest BCUT2D eigenvalue weighted by Crippen LogP contribution is 2.22. The zero-order chi connectivity index (χ0) is 19.2. The minimum Gasteiger partial charge on any atom is -0.497 e. The fourth-order valence-corrected chi connectivity index (χ4v) is 2.20. The Labute approximate surface area is 150 Å². The van der Waals surface area contributed by atoms with Crippen molar-refractivity contribution in [2.75, 3.05) is 14.2 Å². The number of carbonyl (C=O) groups excluding carboxylic acids is 2. The molecule has 0 aliphatic rings. The van der Waals surface area contributed by atoms with E-state index in [1.165, 1.54) is 14.2 Å². The lowest BCUT2D eigenvalue weighted by atomic mass is 9.98. The maximum Gasteiger partial charge on any atom is 0.252 e. The van der Waals surface area contributed by atoms with E-state index in [0.29, 0.717) is 17.1 Å². The zero-order valence-electron chi connectivity index (χ0n) is 16.2. The van der Waals surface area contributed by atoms with Crippen molar-refractivity contribution in [2.24, 2.45) is 5.92 Å². The molecule has 1 aromatic rings. The van der Waals surface area contributed by atoms with Crippen LogP contribution in [-0.2, 0) is 4.79 Å². The zero-order valence-corrected chi connectivity index (χ0v) is 16.2. The van der Waals surface area contributed by atoms with Gasteiger partial charge >= 0.3 is 0 Å². The molecule has 2 amide bonds. The van der Waals surface area contributed by atoms with Gasteiger partial charge in [0.2, 0.25) is 5.91 Å². The molecule has 0 spiro atoms. The number of hydrogen-bond acceptors (Lipinski definition) is 4. The first-order valence-electron chi connectivity index (χ1n) is 8.49. The Morgan fingerprint density at radius 3 is 2.00 bits per heavy atom. The minimum absolute atomic E-state index is 0.0518. The topological polar surface area (TPSA) is 76.7 Å². The third-order valence-corrected chi connectivity index (χ3v) is 4.19. The number of methoxy groups -OCH3 is 2. The standard InChI is InChI=1S/C19H30N2O4/c1-8-19(4,5)21-18(23)16(12(2)3)20-17(22)13-9-14(24-6)11-15(10-13)25-7/h9-12,16H,8H2,1-7H3,(H,20,22)(H,21,23). The molecule has 0 fully saturated rings. The van der Waals surface area contributed by atoms with Crippen LogP contribution in [0, 0.1) is 5.92 Å². The first-order chi connectivity index (χ1) is 11.6. The van der Waals surface area contributed by atoms with Crippen LogP contribution in [0.3, 0.4) is 0 Å². The molecule has 1 unspecified atom stereocenters. The van der Waals surface area contributed by atoms with Gasteiger partial charge in [0.15, 0.2) is 0 Å². The normalized spacial score (nSPS) is 12.5. The van der Waals surface area contributed by atoms with E-state index < -0.39 is 6.04 Å². The van der Waals surface area contributed by atoms with Crippen LogP contribution in [0.4, 0.5) is 0 Å². The Balaban J connectivity index is 2.99. The molecule has 25 heavy (non-hydrogen) atoms. The Kier molecular flexibility index (Phi) is 7.27. The molecule has 1 atom stereocenters. The molecule has 6 heteroatoms. The molecule has 140 valence electrons. The summed E-state index contributed by atoms with van der Waals surface area (Å²) in [6.45, 7) is 9.71. The quantitative estimate of drug-likeness (QED) is 0.756. The lowest BCUT2D eigenvalue weighted by molar-refractivity contribution is -0.125. The van der Waals surface area contributed by atoms with E-state index in [1.807, 2.05) is 34.6 Å². The molecule has 0 heterocycles. The van der Waals surface area contributed by atoms with Gasteiger partial charge in [-0.05, 0) is 38.3 Å². The predicted octanol–water partition coefficient (Wildman–Crippen LogP) is 2.76. The molecule has 0 saturated heterocycles. The van der Waals surface area contributed by atoms with Crippen molar-refractivity contribution in [3.05, 3.63) is 23.8 Å². The number of rotatable bonds is 8. The van der Waals surface area contributed by atoms with Gasteiger partial charge in [0.1, 0.15) is 17.5 Å². The molecule has 0 bridgehead atoms. The average Bonchev–Trinajstić information content (AvgIpc) is 2.57. The fourth-order valence-electron chi connectivity index (χ4n) is 2.20. The third kappa shape index (κ3) is 5.96. The van der Waals surface area contributed by atoms with E-state index >= 15 is 0 Å². The number of hydrogen-bond donors (Lipinski definition) is 2. The van der Waals surface area contributed by atoms with E-state index in [9.17, 15) is 9.59 Å². The van der Waals surface area contributed by atoms with Crippen molar-refractivity contribution < 1.29 is 19.1 Å². The van der Waals surface area contributed by atoms with Crippen LogP contribution in [0.25, 0.3) is 0 Å². The molecular formula is C19H30N2O4. The second-order valence-electron chi connectivity index (χ2n) is 7.02. The molecular weight excluding hydrogens is 320 g/mol. The van der Waals surface area contributed by atoms with Crippen LogP contribution in [0.2, 0.25) is 0 Å². The average molecular weight is 350 g/mol. The van der Waals surface area contributed by atoms with Crippen LogP contribution in [-0.4, -0.2) is 37.6 Å². The Hall–Kier alpha value is -2.24. The molecule has 0 radical (unpaired) electrons. The van der Waals surface area contributed by atoms with Gasteiger partial charge in [-0.15, -0.1) is 0 Å². The van der Waals surface area contributed by atoms with Crippen molar-refractivity contribution in [1.29, 1.82) is 0 Å². The first-order valence-corrected chi connectivity index (χ1v) is 8.49. The van der Waals surface area contributed by atoms with Gasteiger partial charge < -0.3 is 20.1 Å². The summed E-state index contributed by atoms with van der Waals surface area (Å²) in [5, 5.41) is 5.81. The number of ether oxygens (including phenoxy) is 2. The van der Waals surface area contributed by atoms with Crippen LogP contribution in [0.1, 0.15) is 51.4 Å². The summed E-state index contributed by atoms with van der Waals surface area (Å²) in [4.78, 5) is 25.2. The van der Waals surface area contributed by atoms with E-state index in [1.54, 1.807) is 18.2 Å². The van der Waals surface area contributed by atoms with E-state index in [2.05, 4.69) is 10.6 Å². The van der Waals surface area contributed by atoms with Gasteiger partial charge in [0, 0.05) is 17.2 Å². The summed E-state index contributed by atoms with van der Waals surface area (Å²) in [6.07, 6.45) is 0.796. The van der Waals surface area contributed by atoms with Crippen LogP contribution in [0.15, 0.2) is 18.2 Å². The molecule has 2 N–H and O–H groups in total. The Morgan fingerprint density at radius 1 is 1.08 bits per heavy atom. The summed E-state index contributed by atoms with van der Waals surface area (Å²) < 4.78 is 10.4. The summed E-state index contributed by atoms with van der Waals surface area (Å²) >= 11 is 0. The minimum atomic E-state index is -0.629. The second kappa shape index (κ2) is 8.74. The van der Waals surface area contributed by atoms with Gasteiger partial charge in [-0.1, -0.05) is 20.8 Å². The number of carbonyl (C=O) groups is 2. The van der Waals surface area contributed by atoms with Crippen LogP contribution in [0.5, 0.6) is 11.5 Å². The summed E-state index contributed by atoms with van der Waals surface area (Å²) in [5.74, 6) is 0.443. The summed E-state index contributed by atoms with van der Waals surface area (Å²) in [7, 11) is 3.04. The highest BCUT2D eigenvalue weighted by molar-refractivity contribution is 5.98. The van der Waals surface area contributed by atoms with Crippen molar-refractivity contribution in [3.8, 4) is 11.5 Å². The lowest BCUT2D eigenvalue weighted by Crippen LogP contribution is -2.54. The molecule has 0 aromatic heterocycles. The highest BCUT2D eigenvalue weighted by atomic mass is 16.5. The van der Waals surface area contributed by atoms with Crippen LogP contribution >= 0.6 is 0 Å². The van der Waals surface area contributed by atoms with Crippen molar-refractivity contribution >= 4 is 11.8 Å². The first kappa shape index (κ1) is 20.8. The Morgan fingerprint density at radius 2 is 1.60 bits per heavy atom. The number of benzene rings is 1. The van der Waals surface area contributed by atoms with Gasteiger partial charge in [-0.3, -0.25) is 9.59 Å². The fraction of sp³-hybridized carbons (Fsp3) is 0.579. The largest absolute Gasteiger partial charge is 0.497 e. The molecule has 0 aliphatic heterocycles. The number of nitrogens with one attached hydrogen (secondary N) is 2. The maximum atomic E-state index is 12.6. The van der Waals surface area contributed by atoms with Gasteiger partial charge in [-0.25, -0.2) is 0 Å². The molecule has 6 nitrogen and oxygen atoms in total. The molecule has 1 rings (SSSR count). The van der Waals surface area contributed by atoms with E-state index in [-0.39, 0.29) is 23.3 Å². The third-order valence-electron chi connectivity index (χ3n) is 4.19. The number of amides is 2. The Bertz CT molecular complexity index is 589.